The normalized spacial score (nSPS) is 56.0. The molecule has 1 N–H and O–H groups in total. The van der Waals surface area contributed by atoms with Crippen molar-refractivity contribution < 1.29 is 19.4 Å². The summed E-state index contributed by atoms with van der Waals surface area (Å²) >= 11 is 0. The van der Waals surface area contributed by atoms with Gasteiger partial charge in [0.25, 0.3) is 0 Å². The maximum Gasteiger partial charge on any atom is 0.321 e. The van der Waals surface area contributed by atoms with Gasteiger partial charge in [-0.3, -0.25) is 9.59 Å². The van der Waals surface area contributed by atoms with Crippen LogP contribution < -0.4 is 0 Å². The number of esters is 2. The van der Waals surface area contributed by atoms with Gasteiger partial charge in [-0.2, -0.15) is 0 Å². The van der Waals surface area contributed by atoms with Gasteiger partial charge < -0.3 is 9.84 Å². The second-order valence-electron chi connectivity index (χ2n) is 7.83. The van der Waals surface area contributed by atoms with E-state index in [-0.39, 0.29) is 35.6 Å². The zero-order chi connectivity index (χ0) is 14.7. The molecule has 5 fully saturated rings. The number of cyclic esters (lactones) is 2. The minimum atomic E-state index is -0.734. The summed E-state index contributed by atoms with van der Waals surface area (Å²) in [6, 6.07) is 0. The molecule has 4 nitrogen and oxygen atoms in total. The third-order valence-corrected chi connectivity index (χ3v) is 7.50. The number of ether oxygens (including phenoxy) is 1. The average Bonchev–Trinajstić information content (AvgIpc) is 3.16. The number of aliphatic hydroxyl groups excluding tert-OH is 1. The van der Waals surface area contributed by atoms with Crippen LogP contribution in [0.2, 0.25) is 0 Å². The van der Waals surface area contributed by atoms with Crippen molar-refractivity contribution in [2.45, 2.75) is 45.6 Å². The lowest BCUT2D eigenvalue weighted by Gasteiger charge is -2.45. The Morgan fingerprint density at radius 1 is 1.00 bits per heavy atom. The molecule has 112 valence electrons. The Bertz CT molecular complexity index is 585. The Hall–Kier alpha value is -1.16. The molecule has 4 aliphatic carbocycles. The molecule has 0 aromatic heterocycles. The molecular formula is C17H20O4. The van der Waals surface area contributed by atoms with Crippen molar-refractivity contribution in [1.29, 1.82) is 0 Å². The summed E-state index contributed by atoms with van der Waals surface area (Å²) in [7, 11) is 0. The van der Waals surface area contributed by atoms with Crippen molar-refractivity contribution in [3.05, 3.63) is 11.1 Å². The molecule has 4 heteroatoms. The Kier molecular flexibility index (Phi) is 1.93. The minimum absolute atomic E-state index is 0.0777. The molecule has 5 rings (SSSR count). The summed E-state index contributed by atoms with van der Waals surface area (Å²) in [6.45, 7) is 4.19. The van der Waals surface area contributed by atoms with Crippen molar-refractivity contribution in [1.82, 2.24) is 0 Å². The van der Waals surface area contributed by atoms with Gasteiger partial charge in [-0.05, 0) is 51.4 Å². The van der Waals surface area contributed by atoms with E-state index in [4.69, 9.17) is 4.74 Å². The van der Waals surface area contributed by atoms with Gasteiger partial charge in [-0.25, -0.2) is 0 Å². The number of fused-ring (bicyclic) bond motifs is 4. The predicted molar refractivity (Wildman–Crippen MR) is 72.8 cm³/mol. The first-order valence-electron chi connectivity index (χ1n) is 8.11. The summed E-state index contributed by atoms with van der Waals surface area (Å²) < 4.78 is 5.20. The molecule has 7 atom stereocenters. The SMILES string of the molecule is CC(C)=C1[C@H]2CC[C@@H]1[C@]13C(=O)OC(=O)[C@]21[C@H]1CC[C@@H]3C1O. The maximum absolute atomic E-state index is 12.8. The summed E-state index contributed by atoms with van der Waals surface area (Å²) in [6.07, 6.45) is 3.14. The summed E-state index contributed by atoms with van der Waals surface area (Å²) in [5, 5.41) is 10.7. The molecule has 4 bridgehead atoms. The van der Waals surface area contributed by atoms with Crippen molar-refractivity contribution >= 4 is 11.9 Å². The fourth-order valence-electron chi connectivity index (χ4n) is 7.39. The van der Waals surface area contributed by atoms with Crippen LogP contribution in [0.3, 0.4) is 0 Å². The molecule has 0 aromatic carbocycles. The molecule has 1 saturated heterocycles. The summed E-state index contributed by atoms with van der Waals surface area (Å²) in [5.74, 6) is -0.570. The number of carbonyl (C=O) groups excluding carboxylic acids is 2. The van der Waals surface area contributed by atoms with Crippen LogP contribution in [0.15, 0.2) is 11.1 Å². The van der Waals surface area contributed by atoms with E-state index in [0.717, 1.165) is 25.7 Å². The topological polar surface area (TPSA) is 63.6 Å². The van der Waals surface area contributed by atoms with Crippen LogP contribution >= 0.6 is 0 Å². The van der Waals surface area contributed by atoms with Crippen LogP contribution in [0.4, 0.5) is 0 Å². The minimum Gasteiger partial charge on any atom is -0.392 e. The van der Waals surface area contributed by atoms with Crippen molar-refractivity contribution in [2.75, 3.05) is 0 Å². The number of hydrogen-bond acceptors (Lipinski definition) is 4. The fraction of sp³-hybridized carbons (Fsp3) is 0.765. The first-order chi connectivity index (χ1) is 9.98. The molecule has 0 radical (unpaired) electrons. The third-order valence-electron chi connectivity index (χ3n) is 7.50. The number of allylic oxidation sites excluding steroid dienone is 2. The lowest BCUT2D eigenvalue weighted by atomic mass is 9.51. The second-order valence-corrected chi connectivity index (χ2v) is 7.83. The molecule has 1 unspecified atom stereocenters. The Labute approximate surface area is 123 Å². The first-order valence-corrected chi connectivity index (χ1v) is 8.11. The van der Waals surface area contributed by atoms with Gasteiger partial charge in [0, 0.05) is 11.8 Å². The van der Waals surface area contributed by atoms with Gasteiger partial charge in [-0.15, -0.1) is 0 Å². The molecule has 1 aliphatic heterocycles. The van der Waals surface area contributed by atoms with Crippen LogP contribution in [0.1, 0.15) is 39.5 Å². The van der Waals surface area contributed by atoms with Gasteiger partial charge >= 0.3 is 11.9 Å². The van der Waals surface area contributed by atoms with Gasteiger partial charge in [-0.1, -0.05) is 11.1 Å². The van der Waals surface area contributed by atoms with Crippen LogP contribution in [-0.2, 0) is 14.3 Å². The zero-order valence-corrected chi connectivity index (χ0v) is 12.4. The second kappa shape index (κ2) is 3.27. The van der Waals surface area contributed by atoms with E-state index >= 15 is 0 Å². The molecule has 0 aromatic rings. The van der Waals surface area contributed by atoms with E-state index in [2.05, 4.69) is 13.8 Å². The van der Waals surface area contributed by atoms with Gasteiger partial charge in [0.05, 0.1) is 16.9 Å². The van der Waals surface area contributed by atoms with Crippen LogP contribution in [-0.4, -0.2) is 23.1 Å². The molecular weight excluding hydrogens is 268 g/mol. The van der Waals surface area contributed by atoms with Gasteiger partial charge in [0.2, 0.25) is 0 Å². The quantitative estimate of drug-likeness (QED) is 0.419. The predicted octanol–water partition coefficient (Wildman–Crippen LogP) is 1.82. The highest BCUT2D eigenvalue weighted by molar-refractivity contribution is 6.05. The van der Waals surface area contributed by atoms with Crippen LogP contribution in [0.25, 0.3) is 0 Å². The van der Waals surface area contributed by atoms with E-state index in [9.17, 15) is 14.7 Å². The summed E-state index contributed by atoms with van der Waals surface area (Å²) in [4.78, 5) is 25.6. The molecule has 1 heterocycles. The van der Waals surface area contributed by atoms with Crippen LogP contribution in [0, 0.1) is 34.5 Å². The lowest BCUT2D eigenvalue weighted by Crippen LogP contribution is -2.53. The number of hydrogen-bond donors (Lipinski definition) is 1. The molecule has 0 spiro atoms. The van der Waals surface area contributed by atoms with Crippen molar-refractivity contribution in [3.63, 3.8) is 0 Å². The van der Waals surface area contributed by atoms with Crippen molar-refractivity contribution in [2.24, 2.45) is 34.5 Å². The largest absolute Gasteiger partial charge is 0.392 e. The highest BCUT2D eigenvalue weighted by Gasteiger charge is 2.90. The Balaban J connectivity index is 1.88. The number of aliphatic hydroxyl groups is 1. The molecule has 0 amide bonds. The van der Waals surface area contributed by atoms with Gasteiger partial charge in [0.15, 0.2) is 0 Å². The molecule has 5 aliphatic rings. The Morgan fingerprint density at radius 3 is 1.90 bits per heavy atom. The van der Waals surface area contributed by atoms with E-state index in [1.165, 1.54) is 11.1 Å². The van der Waals surface area contributed by atoms with E-state index in [1.807, 2.05) is 0 Å². The van der Waals surface area contributed by atoms with Gasteiger partial charge in [0.1, 0.15) is 0 Å². The monoisotopic (exact) mass is 288 g/mol. The molecule has 4 saturated carbocycles. The third kappa shape index (κ3) is 0.882. The van der Waals surface area contributed by atoms with Crippen LogP contribution in [0.5, 0.6) is 0 Å². The van der Waals surface area contributed by atoms with E-state index in [1.54, 1.807) is 0 Å². The average molecular weight is 288 g/mol. The number of rotatable bonds is 0. The number of carbonyl (C=O) groups is 2. The highest BCUT2D eigenvalue weighted by atomic mass is 16.6. The first kappa shape index (κ1) is 12.4. The van der Waals surface area contributed by atoms with Crippen molar-refractivity contribution in [3.8, 4) is 0 Å². The van der Waals surface area contributed by atoms with E-state index in [0.29, 0.717) is 0 Å². The maximum atomic E-state index is 12.8. The zero-order valence-electron chi connectivity index (χ0n) is 12.4. The highest BCUT2D eigenvalue weighted by Crippen LogP contribution is 2.84. The lowest BCUT2D eigenvalue weighted by molar-refractivity contribution is -0.159. The Morgan fingerprint density at radius 2 is 1.48 bits per heavy atom. The standard InChI is InChI=1S/C17H20O4/c1-7(2)12-8-3-4-9(12)17-11-6-5-10(13(11)18)16(8,17)14(19)21-15(17)20/h8-11,13,18H,3-6H2,1-2H3/t8-,9+,10+,11-,13?,16-,17+. The molecule has 21 heavy (non-hydrogen) atoms. The van der Waals surface area contributed by atoms with E-state index < -0.39 is 16.9 Å². The fourth-order valence-corrected chi connectivity index (χ4v) is 7.39. The summed E-state index contributed by atoms with van der Waals surface area (Å²) in [5.41, 5.74) is 1.12. The smallest absolute Gasteiger partial charge is 0.321 e.